The molecule has 0 bridgehead atoms. The molecule has 2 heterocycles. The van der Waals surface area contributed by atoms with Crippen LogP contribution in [-0.4, -0.2) is 14.8 Å². The van der Waals surface area contributed by atoms with Crippen molar-refractivity contribution in [1.82, 2.24) is 14.8 Å². The van der Waals surface area contributed by atoms with Gasteiger partial charge in [0.2, 0.25) is 0 Å². The molecule has 0 spiro atoms. The van der Waals surface area contributed by atoms with E-state index in [1.54, 1.807) is 23.3 Å². The van der Waals surface area contributed by atoms with Crippen LogP contribution in [0.25, 0.3) is 5.69 Å². The molecule has 0 saturated heterocycles. The molecule has 0 unspecified atom stereocenters. The summed E-state index contributed by atoms with van der Waals surface area (Å²) in [6.07, 6.45) is 6.84. The minimum atomic E-state index is 0.626. The lowest BCUT2D eigenvalue weighted by molar-refractivity contribution is 0.880. The van der Waals surface area contributed by atoms with Crippen molar-refractivity contribution in [1.29, 1.82) is 0 Å². The smallest absolute Gasteiger partial charge is 0.0905 e. The van der Waals surface area contributed by atoms with Crippen molar-refractivity contribution < 1.29 is 0 Å². The van der Waals surface area contributed by atoms with E-state index in [0.29, 0.717) is 5.69 Å². The lowest BCUT2D eigenvalue weighted by Gasteiger charge is -2.02. The van der Waals surface area contributed by atoms with Crippen molar-refractivity contribution in [2.24, 2.45) is 0 Å². The van der Waals surface area contributed by atoms with Crippen LogP contribution >= 0.6 is 0 Å². The van der Waals surface area contributed by atoms with Crippen molar-refractivity contribution >= 4 is 5.69 Å². The zero-order valence-corrected chi connectivity index (χ0v) is 6.38. The number of hydrogen-bond donors (Lipinski definition) is 1. The molecule has 0 saturated carbocycles. The number of pyridine rings is 1. The van der Waals surface area contributed by atoms with Crippen LogP contribution in [0.1, 0.15) is 0 Å². The van der Waals surface area contributed by atoms with Gasteiger partial charge in [-0.25, -0.2) is 4.68 Å². The zero-order chi connectivity index (χ0) is 8.39. The minimum absolute atomic E-state index is 0.626. The molecular weight excluding hydrogens is 152 g/mol. The van der Waals surface area contributed by atoms with E-state index in [1.165, 1.54) is 0 Å². The van der Waals surface area contributed by atoms with Gasteiger partial charge in [0.1, 0.15) is 0 Å². The first-order valence-electron chi connectivity index (χ1n) is 3.57. The van der Waals surface area contributed by atoms with E-state index in [2.05, 4.69) is 10.1 Å². The third-order valence-corrected chi connectivity index (χ3v) is 1.58. The van der Waals surface area contributed by atoms with Crippen molar-refractivity contribution in [3.05, 3.63) is 36.9 Å². The van der Waals surface area contributed by atoms with Gasteiger partial charge in [-0.3, -0.25) is 4.98 Å². The topological polar surface area (TPSA) is 56.7 Å². The fourth-order valence-corrected chi connectivity index (χ4v) is 1.02. The maximum absolute atomic E-state index is 5.69. The van der Waals surface area contributed by atoms with Crippen molar-refractivity contribution in [3.8, 4) is 5.69 Å². The molecule has 0 aliphatic heterocycles. The van der Waals surface area contributed by atoms with E-state index in [0.717, 1.165) is 5.69 Å². The highest BCUT2D eigenvalue weighted by Crippen LogP contribution is 2.12. The van der Waals surface area contributed by atoms with Crippen LogP contribution in [0.15, 0.2) is 36.9 Å². The van der Waals surface area contributed by atoms with Crippen molar-refractivity contribution in [2.45, 2.75) is 0 Å². The summed E-state index contributed by atoms with van der Waals surface area (Å²) in [5, 5.41) is 4.06. The predicted octanol–water partition coefficient (Wildman–Crippen LogP) is 0.850. The molecule has 2 N–H and O–H groups in total. The highest BCUT2D eigenvalue weighted by Gasteiger charge is 1.98. The molecule has 0 atom stereocenters. The molecule has 0 fully saturated rings. The Hall–Kier alpha value is -1.84. The molecule has 0 aliphatic carbocycles. The van der Waals surface area contributed by atoms with Gasteiger partial charge in [-0.15, -0.1) is 0 Å². The van der Waals surface area contributed by atoms with Gasteiger partial charge in [0.15, 0.2) is 0 Å². The lowest BCUT2D eigenvalue weighted by Crippen LogP contribution is -1.99. The second-order valence-electron chi connectivity index (χ2n) is 2.39. The number of rotatable bonds is 1. The van der Waals surface area contributed by atoms with Gasteiger partial charge in [-0.1, -0.05) is 0 Å². The summed E-state index contributed by atoms with van der Waals surface area (Å²) >= 11 is 0. The molecule has 60 valence electrons. The monoisotopic (exact) mass is 160 g/mol. The van der Waals surface area contributed by atoms with Crippen molar-refractivity contribution in [2.75, 3.05) is 5.73 Å². The molecule has 2 aromatic rings. The Morgan fingerprint density at radius 1 is 1.33 bits per heavy atom. The summed E-state index contributed by atoms with van der Waals surface area (Å²) in [4.78, 5) is 3.89. The minimum Gasteiger partial charge on any atom is -0.396 e. The summed E-state index contributed by atoms with van der Waals surface area (Å²) in [5.74, 6) is 0. The maximum atomic E-state index is 5.69. The Bertz CT molecular complexity index is 366. The van der Waals surface area contributed by atoms with Crippen LogP contribution in [0.5, 0.6) is 0 Å². The van der Waals surface area contributed by atoms with Gasteiger partial charge < -0.3 is 5.73 Å². The van der Waals surface area contributed by atoms with Gasteiger partial charge in [-0.2, -0.15) is 5.10 Å². The van der Waals surface area contributed by atoms with E-state index in [9.17, 15) is 0 Å². The Kier molecular flexibility index (Phi) is 1.51. The molecule has 12 heavy (non-hydrogen) atoms. The van der Waals surface area contributed by atoms with E-state index in [-0.39, 0.29) is 0 Å². The lowest BCUT2D eigenvalue weighted by atomic mass is 10.3. The van der Waals surface area contributed by atoms with Crippen LogP contribution in [0.4, 0.5) is 5.69 Å². The van der Waals surface area contributed by atoms with E-state index in [1.807, 2.05) is 18.3 Å². The summed E-state index contributed by atoms with van der Waals surface area (Å²) in [6, 6.07) is 3.67. The van der Waals surface area contributed by atoms with Crippen LogP contribution < -0.4 is 5.73 Å². The average molecular weight is 160 g/mol. The Balaban J connectivity index is 2.55. The Labute approximate surface area is 69.7 Å². The Morgan fingerprint density at radius 3 is 2.92 bits per heavy atom. The predicted molar refractivity (Wildman–Crippen MR) is 45.8 cm³/mol. The van der Waals surface area contributed by atoms with E-state index >= 15 is 0 Å². The zero-order valence-electron chi connectivity index (χ0n) is 6.38. The summed E-state index contributed by atoms with van der Waals surface area (Å²) in [6.45, 7) is 0. The third-order valence-electron chi connectivity index (χ3n) is 1.58. The van der Waals surface area contributed by atoms with Gasteiger partial charge in [0.25, 0.3) is 0 Å². The number of nitrogens with two attached hydrogens (primary N) is 1. The van der Waals surface area contributed by atoms with Gasteiger partial charge in [0.05, 0.1) is 17.6 Å². The molecular formula is C8H8N4. The SMILES string of the molecule is Nc1cnccc1-n1cccn1. The summed E-state index contributed by atoms with van der Waals surface area (Å²) in [5.41, 5.74) is 7.17. The van der Waals surface area contributed by atoms with Crippen LogP contribution in [-0.2, 0) is 0 Å². The highest BCUT2D eigenvalue weighted by molar-refractivity contribution is 5.54. The fourth-order valence-electron chi connectivity index (χ4n) is 1.02. The fraction of sp³-hybridized carbons (Fsp3) is 0. The molecule has 0 aromatic carbocycles. The number of hydrogen-bond acceptors (Lipinski definition) is 3. The van der Waals surface area contributed by atoms with Gasteiger partial charge in [0, 0.05) is 18.6 Å². The van der Waals surface area contributed by atoms with Crippen LogP contribution in [0.2, 0.25) is 0 Å². The largest absolute Gasteiger partial charge is 0.396 e. The molecule has 0 aliphatic rings. The van der Waals surface area contributed by atoms with Gasteiger partial charge in [-0.05, 0) is 12.1 Å². The molecule has 0 amide bonds. The van der Waals surface area contributed by atoms with E-state index in [4.69, 9.17) is 5.73 Å². The van der Waals surface area contributed by atoms with Gasteiger partial charge >= 0.3 is 0 Å². The first-order valence-corrected chi connectivity index (χ1v) is 3.57. The first-order chi connectivity index (χ1) is 5.88. The second kappa shape index (κ2) is 2.65. The molecule has 2 aromatic heterocycles. The first kappa shape index (κ1) is 6.84. The number of nitrogens with zero attached hydrogens (tertiary/aromatic N) is 3. The number of anilines is 1. The standard InChI is InChI=1S/C8H8N4/c9-7-6-10-4-2-8(7)12-5-1-3-11-12/h1-6H,9H2. The van der Waals surface area contributed by atoms with E-state index < -0.39 is 0 Å². The normalized spacial score (nSPS) is 10.0. The second-order valence-corrected chi connectivity index (χ2v) is 2.39. The van der Waals surface area contributed by atoms with Crippen molar-refractivity contribution in [3.63, 3.8) is 0 Å². The summed E-state index contributed by atoms with van der Waals surface area (Å²) < 4.78 is 1.71. The number of nitrogen functional groups attached to an aromatic ring is 1. The molecule has 4 nitrogen and oxygen atoms in total. The quantitative estimate of drug-likeness (QED) is 0.672. The summed E-state index contributed by atoms with van der Waals surface area (Å²) in [7, 11) is 0. The Morgan fingerprint density at radius 2 is 2.25 bits per heavy atom. The average Bonchev–Trinajstić information content (AvgIpc) is 2.57. The number of aromatic nitrogens is 3. The highest BCUT2D eigenvalue weighted by atomic mass is 15.3. The van der Waals surface area contributed by atoms with Crippen LogP contribution in [0.3, 0.4) is 0 Å². The molecule has 0 radical (unpaired) electrons. The molecule has 2 rings (SSSR count). The van der Waals surface area contributed by atoms with Crippen LogP contribution in [0, 0.1) is 0 Å². The third kappa shape index (κ3) is 1.03. The molecule has 4 heteroatoms. The maximum Gasteiger partial charge on any atom is 0.0905 e.